The van der Waals surface area contributed by atoms with Crippen LogP contribution in [0.2, 0.25) is 0 Å². The molecule has 2 amide bonds. The average Bonchev–Trinajstić information content (AvgIpc) is 3.08. The van der Waals surface area contributed by atoms with E-state index in [2.05, 4.69) is 15.6 Å². The van der Waals surface area contributed by atoms with Crippen molar-refractivity contribution >= 4 is 28.5 Å². The van der Waals surface area contributed by atoms with Crippen molar-refractivity contribution in [2.75, 3.05) is 18.4 Å². The predicted octanol–water partition coefficient (Wildman–Crippen LogP) is 2.94. The highest BCUT2D eigenvalue weighted by molar-refractivity contribution is 5.95. The van der Waals surface area contributed by atoms with Gasteiger partial charge in [-0.25, -0.2) is 4.68 Å². The van der Waals surface area contributed by atoms with Gasteiger partial charge in [0.25, 0.3) is 0 Å². The van der Waals surface area contributed by atoms with Gasteiger partial charge < -0.3 is 10.2 Å². The molecule has 0 bridgehead atoms. The number of amides is 2. The van der Waals surface area contributed by atoms with E-state index in [-0.39, 0.29) is 25.3 Å². The molecule has 1 heterocycles. The Morgan fingerprint density at radius 3 is 2.52 bits per heavy atom. The Hall–Kier alpha value is -3.43. The molecule has 3 aromatic rings. The molecule has 0 saturated carbocycles. The lowest BCUT2D eigenvalue weighted by molar-refractivity contribution is -0.137. The molecule has 0 radical (unpaired) electrons. The number of para-hydroxylation sites is 2. The molecule has 2 aromatic carbocycles. The molecule has 10 heteroatoms. The maximum atomic E-state index is 13.1. The van der Waals surface area contributed by atoms with Crippen LogP contribution >= 0.6 is 0 Å². The van der Waals surface area contributed by atoms with Crippen LogP contribution in [0.3, 0.4) is 0 Å². The number of halogens is 3. The fourth-order valence-electron chi connectivity index (χ4n) is 2.84. The number of anilines is 1. The molecule has 0 fully saturated rings. The first-order valence-electron chi connectivity index (χ1n) is 8.81. The van der Waals surface area contributed by atoms with Crippen LogP contribution in [-0.2, 0) is 22.3 Å². The third-order valence-electron chi connectivity index (χ3n) is 4.28. The van der Waals surface area contributed by atoms with Crippen molar-refractivity contribution in [3.63, 3.8) is 0 Å². The standard InChI is InChI=1S/C19H18F3N5O2/c1-2-26(18(29)12-27-16-10-6-5-9-15(16)24-25-27)11-17(28)23-14-8-4-3-7-13(14)19(20,21)22/h3-10H,2,11-12H2,1H3,(H,23,28). The van der Waals surface area contributed by atoms with Crippen molar-refractivity contribution < 1.29 is 22.8 Å². The number of rotatable bonds is 6. The molecule has 1 aromatic heterocycles. The summed E-state index contributed by atoms with van der Waals surface area (Å²) in [6, 6.07) is 11.8. The SMILES string of the molecule is CCN(CC(=O)Nc1ccccc1C(F)(F)F)C(=O)Cn1nnc2ccccc21. The first-order chi connectivity index (χ1) is 13.8. The molecule has 0 atom stereocenters. The van der Waals surface area contributed by atoms with Gasteiger partial charge in [-0.05, 0) is 31.2 Å². The second-order valence-electron chi connectivity index (χ2n) is 6.24. The summed E-state index contributed by atoms with van der Waals surface area (Å²) in [5.74, 6) is -1.12. The molecule has 7 nitrogen and oxygen atoms in total. The van der Waals surface area contributed by atoms with Gasteiger partial charge in [-0.3, -0.25) is 9.59 Å². The Kier molecular flexibility index (Phi) is 5.81. The Morgan fingerprint density at radius 1 is 1.10 bits per heavy atom. The Balaban J connectivity index is 1.68. The molecular weight excluding hydrogens is 387 g/mol. The summed E-state index contributed by atoms with van der Waals surface area (Å²) in [7, 11) is 0. The van der Waals surface area contributed by atoms with Gasteiger partial charge in [0.1, 0.15) is 12.1 Å². The van der Waals surface area contributed by atoms with Crippen LogP contribution in [0.15, 0.2) is 48.5 Å². The van der Waals surface area contributed by atoms with Crippen LogP contribution in [0.5, 0.6) is 0 Å². The zero-order valence-corrected chi connectivity index (χ0v) is 15.5. The molecule has 1 N–H and O–H groups in total. The highest BCUT2D eigenvalue weighted by Gasteiger charge is 2.33. The van der Waals surface area contributed by atoms with Crippen molar-refractivity contribution in [3.05, 3.63) is 54.1 Å². The predicted molar refractivity (Wildman–Crippen MR) is 99.9 cm³/mol. The van der Waals surface area contributed by atoms with Crippen LogP contribution < -0.4 is 5.32 Å². The number of carbonyl (C=O) groups is 2. The molecule has 0 spiro atoms. The van der Waals surface area contributed by atoms with Crippen molar-refractivity contribution in [2.45, 2.75) is 19.6 Å². The quantitative estimate of drug-likeness (QED) is 0.684. The first-order valence-corrected chi connectivity index (χ1v) is 8.81. The van der Waals surface area contributed by atoms with Crippen LogP contribution in [0.25, 0.3) is 11.0 Å². The molecule has 152 valence electrons. The third-order valence-corrected chi connectivity index (χ3v) is 4.28. The number of nitrogens with zero attached hydrogens (tertiary/aromatic N) is 4. The molecule has 0 aliphatic carbocycles. The molecule has 3 rings (SSSR count). The van der Waals surface area contributed by atoms with E-state index in [4.69, 9.17) is 0 Å². The van der Waals surface area contributed by atoms with Crippen LogP contribution in [0.1, 0.15) is 12.5 Å². The molecular formula is C19H18F3N5O2. The van der Waals surface area contributed by atoms with Crippen molar-refractivity contribution in [1.82, 2.24) is 19.9 Å². The zero-order valence-electron chi connectivity index (χ0n) is 15.5. The van der Waals surface area contributed by atoms with Crippen molar-refractivity contribution in [2.24, 2.45) is 0 Å². The summed E-state index contributed by atoms with van der Waals surface area (Å²) in [5.41, 5.74) is -0.00195. The minimum absolute atomic E-state index is 0.138. The number of hydrogen-bond acceptors (Lipinski definition) is 4. The van der Waals surface area contributed by atoms with Gasteiger partial charge in [-0.15, -0.1) is 5.10 Å². The van der Waals surface area contributed by atoms with Gasteiger partial charge >= 0.3 is 6.18 Å². The van der Waals surface area contributed by atoms with Gasteiger partial charge in [-0.1, -0.05) is 29.5 Å². The maximum absolute atomic E-state index is 13.1. The molecule has 29 heavy (non-hydrogen) atoms. The van der Waals surface area contributed by atoms with Gasteiger partial charge in [0.15, 0.2) is 0 Å². The second-order valence-corrected chi connectivity index (χ2v) is 6.24. The molecule has 0 saturated heterocycles. The van der Waals surface area contributed by atoms with Crippen LogP contribution in [-0.4, -0.2) is 44.8 Å². The number of fused-ring (bicyclic) bond motifs is 1. The summed E-state index contributed by atoms with van der Waals surface area (Å²) in [6.07, 6.45) is -4.60. The summed E-state index contributed by atoms with van der Waals surface area (Å²) in [4.78, 5) is 26.1. The number of aromatic nitrogens is 3. The number of alkyl halides is 3. The fourth-order valence-corrected chi connectivity index (χ4v) is 2.84. The van der Waals surface area contributed by atoms with Gasteiger partial charge in [-0.2, -0.15) is 13.2 Å². The largest absolute Gasteiger partial charge is 0.418 e. The fraction of sp³-hybridized carbons (Fsp3) is 0.263. The summed E-state index contributed by atoms with van der Waals surface area (Å²) < 4.78 is 40.6. The molecule has 0 aliphatic rings. The monoisotopic (exact) mass is 405 g/mol. The maximum Gasteiger partial charge on any atom is 0.418 e. The topological polar surface area (TPSA) is 80.1 Å². The average molecular weight is 405 g/mol. The molecule has 0 unspecified atom stereocenters. The Morgan fingerprint density at radius 2 is 1.79 bits per heavy atom. The summed E-state index contributed by atoms with van der Waals surface area (Å²) >= 11 is 0. The van der Waals surface area contributed by atoms with Crippen LogP contribution in [0.4, 0.5) is 18.9 Å². The highest BCUT2D eigenvalue weighted by Crippen LogP contribution is 2.34. The number of hydrogen-bond donors (Lipinski definition) is 1. The Labute approximate surface area is 164 Å². The lowest BCUT2D eigenvalue weighted by Gasteiger charge is -2.21. The van der Waals surface area contributed by atoms with E-state index in [1.165, 1.54) is 27.8 Å². The lowest BCUT2D eigenvalue weighted by atomic mass is 10.1. The summed E-state index contributed by atoms with van der Waals surface area (Å²) in [6.45, 7) is 1.36. The number of nitrogens with one attached hydrogen (secondary N) is 1. The third kappa shape index (κ3) is 4.71. The van der Waals surface area contributed by atoms with E-state index in [1.54, 1.807) is 31.2 Å². The number of carbonyl (C=O) groups excluding carboxylic acids is 2. The van der Waals surface area contributed by atoms with E-state index in [1.807, 2.05) is 0 Å². The van der Waals surface area contributed by atoms with Gasteiger partial charge in [0.05, 0.1) is 23.3 Å². The van der Waals surface area contributed by atoms with E-state index >= 15 is 0 Å². The normalized spacial score (nSPS) is 11.4. The Bertz CT molecular complexity index is 1030. The smallest absolute Gasteiger partial charge is 0.332 e. The van der Waals surface area contributed by atoms with E-state index in [0.717, 1.165) is 6.07 Å². The first kappa shape index (κ1) is 20.3. The number of benzene rings is 2. The van der Waals surface area contributed by atoms with E-state index in [0.29, 0.717) is 11.0 Å². The van der Waals surface area contributed by atoms with Crippen molar-refractivity contribution in [3.8, 4) is 0 Å². The minimum atomic E-state index is -4.60. The second kappa shape index (κ2) is 8.29. The number of likely N-dealkylation sites (N-methyl/N-ethyl adjacent to an activating group) is 1. The minimum Gasteiger partial charge on any atom is -0.332 e. The van der Waals surface area contributed by atoms with Gasteiger partial charge in [0.2, 0.25) is 11.8 Å². The highest BCUT2D eigenvalue weighted by atomic mass is 19.4. The molecule has 0 aliphatic heterocycles. The van der Waals surface area contributed by atoms with Gasteiger partial charge in [0, 0.05) is 6.54 Å². The van der Waals surface area contributed by atoms with E-state index < -0.39 is 23.6 Å². The van der Waals surface area contributed by atoms with Crippen molar-refractivity contribution in [1.29, 1.82) is 0 Å². The lowest BCUT2D eigenvalue weighted by Crippen LogP contribution is -2.40. The zero-order chi connectivity index (χ0) is 21.0. The van der Waals surface area contributed by atoms with E-state index in [9.17, 15) is 22.8 Å². The summed E-state index contributed by atoms with van der Waals surface area (Å²) in [5, 5.41) is 10.1. The van der Waals surface area contributed by atoms with Crippen LogP contribution in [0, 0.1) is 0 Å².